The molecule has 120 valence electrons. The highest BCUT2D eigenvalue weighted by Crippen LogP contribution is 2.26. The fraction of sp³-hybridized carbons (Fsp3) is 0.353. The molecule has 0 bridgehead atoms. The maximum atomic E-state index is 12.6. The molecule has 2 heterocycles. The van der Waals surface area contributed by atoms with E-state index < -0.39 is 0 Å². The summed E-state index contributed by atoms with van der Waals surface area (Å²) in [7, 11) is 1.79. The molecule has 6 heteroatoms. The Morgan fingerprint density at radius 1 is 1.17 bits per heavy atom. The molecule has 1 aromatic carbocycles. The molecule has 1 atom stereocenters. The molecule has 1 saturated heterocycles. The summed E-state index contributed by atoms with van der Waals surface area (Å²) in [5, 5.41) is 4.06. The van der Waals surface area contributed by atoms with Gasteiger partial charge in [-0.05, 0) is 5.56 Å². The van der Waals surface area contributed by atoms with Crippen LogP contribution < -0.4 is 0 Å². The molecule has 1 aliphatic rings. The van der Waals surface area contributed by atoms with Gasteiger partial charge in [-0.25, -0.2) is 0 Å². The molecule has 2 amide bonds. The Morgan fingerprint density at radius 3 is 2.52 bits per heavy atom. The van der Waals surface area contributed by atoms with E-state index in [-0.39, 0.29) is 17.9 Å². The van der Waals surface area contributed by atoms with Crippen LogP contribution in [-0.4, -0.2) is 51.0 Å². The first-order valence-electron chi connectivity index (χ1n) is 7.66. The molecule has 1 unspecified atom stereocenters. The summed E-state index contributed by atoms with van der Waals surface area (Å²) in [6, 6.07) is 9.74. The number of piperazine rings is 1. The predicted molar refractivity (Wildman–Crippen MR) is 85.7 cm³/mol. The minimum Gasteiger partial charge on any atom is -0.334 e. The van der Waals surface area contributed by atoms with Crippen molar-refractivity contribution in [2.75, 3.05) is 19.6 Å². The fourth-order valence-corrected chi connectivity index (χ4v) is 3.02. The van der Waals surface area contributed by atoms with E-state index in [9.17, 15) is 9.59 Å². The Morgan fingerprint density at radius 2 is 1.91 bits per heavy atom. The molecule has 3 rings (SSSR count). The van der Waals surface area contributed by atoms with Gasteiger partial charge in [-0.15, -0.1) is 0 Å². The summed E-state index contributed by atoms with van der Waals surface area (Å²) in [4.78, 5) is 28.2. The Bertz CT molecular complexity index is 710. The zero-order chi connectivity index (χ0) is 16.4. The fourth-order valence-electron chi connectivity index (χ4n) is 3.02. The summed E-state index contributed by atoms with van der Waals surface area (Å²) in [5.74, 6) is -0.00503. The van der Waals surface area contributed by atoms with Gasteiger partial charge < -0.3 is 9.80 Å². The smallest absolute Gasteiger partial charge is 0.257 e. The predicted octanol–water partition coefficient (Wildman–Crippen LogP) is 1.47. The summed E-state index contributed by atoms with van der Waals surface area (Å²) >= 11 is 0. The minimum absolute atomic E-state index is 0.0346. The van der Waals surface area contributed by atoms with Crippen molar-refractivity contribution in [1.29, 1.82) is 0 Å². The van der Waals surface area contributed by atoms with Crippen molar-refractivity contribution in [3.63, 3.8) is 0 Å². The molecule has 2 aromatic rings. The van der Waals surface area contributed by atoms with Gasteiger partial charge in [-0.3, -0.25) is 14.3 Å². The van der Waals surface area contributed by atoms with Crippen molar-refractivity contribution in [2.24, 2.45) is 7.05 Å². The molecule has 23 heavy (non-hydrogen) atoms. The summed E-state index contributed by atoms with van der Waals surface area (Å²) < 4.78 is 1.62. The van der Waals surface area contributed by atoms with Crippen molar-refractivity contribution < 1.29 is 9.59 Å². The van der Waals surface area contributed by atoms with Crippen LogP contribution in [0.2, 0.25) is 0 Å². The van der Waals surface area contributed by atoms with Crippen LogP contribution >= 0.6 is 0 Å². The van der Waals surface area contributed by atoms with Crippen LogP contribution in [0.3, 0.4) is 0 Å². The lowest BCUT2D eigenvalue weighted by Crippen LogP contribution is -2.51. The molecule has 1 fully saturated rings. The van der Waals surface area contributed by atoms with Crippen molar-refractivity contribution in [3.8, 4) is 0 Å². The van der Waals surface area contributed by atoms with E-state index in [1.807, 2.05) is 35.2 Å². The van der Waals surface area contributed by atoms with Crippen molar-refractivity contribution in [2.45, 2.75) is 13.0 Å². The second-order valence-corrected chi connectivity index (χ2v) is 5.79. The lowest BCUT2D eigenvalue weighted by Gasteiger charge is -2.41. The number of amides is 2. The van der Waals surface area contributed by atoms with E-state index in [0.717, 1.165) is 5.56 Å². The summed E-state index contributed by atoms with van der Waals surface area (Å²) in [6.07, 6.45) is 3.30. The number of carbonyl (C=O) groups excluding carboxylic acids is 2. The van der Waals surface area contributed by atoms with Gasteiger partial charge in [0.15, 0.2) is 0 Å². The van der Waals surface area contributed by atoms with Crippen LogP contribution in [0.25, 0.3) is 0 Å². The number of aryl methyl sites for hydroxylation is 1. The molecule has 0 spiro atoms. The highest BCUT2D eigenvalue weighted by molar-refractivity contribution is 5.94. The first kappa shape index (κ1) is 15.3. The van der Waals surface area contributed by atoms with Crippen LogP contribution in [-0.2, 0) is 11.8 Å². The molecule has 6 nitrogen and oxygen atoms in total. The topological polar surface area (TPSA) is 58.4 Å². The summed E-state index contributed by atoms with van der Waals surface area (Å²) in [6.45, 7) is 3.16. The third-order valence-electron chi connectivity index (χ3n) is 4.21. The Kier molecular flexibility index (Phi) is 4.14. The van der Waals surface area contributed by atoms with Gasteiger partial charge >= 0.3 is 0 Å². The Labute approximate surface area is 135 Å². The molecule has 0 aliphatic carbocycles. The SMILES string of the molecule is CC(=O)N1CCN(C(=O)c2cnn(C)c2)CC1c1ccccc1. The quantitative estimate of drug-likeness (QED) is 0.843. The van der Waals surface area contributed by atoms with E-state index in [0.29, 0.717) is 25.2 Å². The number of rotatable bonds is 2. The monoisotopic (exact) mass is 312 g/mol. The van der Waals surface area contributed by atoms with Crippen LogP contribution in [0.15, 0.2) is 42.7 Å². The number of aromatic nitrogens is 2. The molecule has 1 aliphatic heterocycles. The molecule has 0 saturated carbocycles. The van der Waals surface area contributed by atoms with E-state index in [1.165, 1.54) is 0 Å². The zero-order valence-electron chi connectivity index (χ0n) is 13.3. The highest BCUT2D eigenvalue weighted by atomic mass is 16.2. The second kappa shape index (κ2) is 6.24. The average Bonchev–Trinajstić information content (AvgIpc) is 3.01. The standard InChI is InChI=1S/C17H20N4O2/c1-13(22)21-9-8-20(17(23)15-10-18-19(2)11-15)12-16(21)14-6-4-3-5-7-14/h3-7,10-11,16H,8-9,12H2,1-2H3. The first-order valence-corrected chi connectivity index (χ1v) is 7.66. The van der Waals surface area contributed by atoms with Gasteiger partial charge in [-0.2, -0.15) is 5.10 Å². The number of benzene rings is 1. The number of nitrogens with zero attached hydrogens (tertiary/aromatic N) is 4. The third kappa shape index (κ3) is 3.11. The molecular formula is C17H20N4O2. The third-order valence-corrected chi connectivity index (χ3v) is 4.21. The van der Waals surface area contributed by atoms with Gasteiger partial charge in [-0.1, -0.05) is 30.3 Å². The van der Waals surface area contributed by atoms with Crippen LogP contribution in [0, 0.1) is 0 Å². The van der Waals surface area contributed by atoms with Crippen molar-refractivity contribution in [3.05, 3.63) is 53.9 Å². The summed E-state index contributed by atoms with van der Waals surface area (Å²) in [5.41, 5.74) is 1.63. The average molecular weight is 312 g/mol. The minimum atomic E-state index is -0.108. The van der Waals surface area contributed by atoms with Gasteiger partial charge in [0.25, 0.3) is 5.91 Å². The van der Waals surface area contributed by atoms with E-state index in [1.54, 1.807) is 35.9 Å². The molecule has 0 N–H and O–H groups in total. The number of carbonyl (C=O) groups is 2. The highest BCUT2D eigenvalue weighted by Gasteiger charge is 2.32. The van der Waals surface area contributed by atoms with Gasteiger partial charge in [0.1, 0.15) is 0 Å². The Hall–Kier alpha value is -2.63. The maximum absolute atomic E-state index is 12.6. The maximum Gasteiger partial charge on any atom is 0.257 e. The van der Waals surface area contributed by atoms with Crippen LogP contribution in [0.1, 0.15) is 28.9 Å². The number of hydrogen-bond donors (Lipinski definition) is 0. The first-order chi connectivity index (χ1) is 11.1. The normalized spacial score (nSPS) is 18.1. The van der Waals surface area contributed by atoms with Gasteiger partial charge in [0.05, 0.1) is 17.8 Å². The van der Waals surface area contributed by atoms with Crippen molar-refractivity contribution >= 4 is 11.8 Å². The lowest BCUT2D eigenvalue weighted by molar-refractivity contribution is -0.133. The zero-order valence-corrected chi connectivity index (χ0v) is 13.3. The molecule has 0 radical (unpaired) electrons. The largest absolute Gasteiger partial charge is 0.334 e. The van der Waals surface area contributed by atoms with E-state index in [4.69, 9.17) is 0 Å². The van der Waals surface area contributed by atoms with E-state index >= 15 is 0 Å². The lowest BCUT2D eigenvalue weighted by atomic mass is 10.0. The Balaban J connectivity index is 1.84. The van der Waals surface area contributed by atoms with Gasteiger partial charge in [0.2, 0.25) is 5.91 Å². The van der Waals surface area contributed by atoms with E-state index in [2.05, 4.69) is 5.10 Å². The molecular weight excluding hydrogens is 292 g/mol. The number of hydrogen-bond acceptors (Lipinski definition) is 3. The molecule has 1 aromatic heterocycles. The second-order valence-electron chi connectivity index (χ2n) is 5.79. The van der Waals surface area contributed by atoms with Crippen LogP contribution in [0.5, 0.6) is 0 Å². The van der Waals surface area contributed by atoms with Crippen LogP contribution in [0.4, 0.5) is 0 Å². The van der Waals surface area contributed by atoms with Gasteiger partial charge in [0, 0.05) is 39.8 Å². The van der Waals surface area contributed by atoms with Crippen molar-refractivity contribution in [1.82, 2.24) is 19.6 Å².